The molecular formula is C19H40O3. The first-order chi connectivity index (χ1) is 10.3. The number of ether oxygens (including phenoxy) is 3. The topological polar surface area (TPSA) is 27.7 Å². The van der Waals surface area contributed by atoms with E-state index in [1.54, 1.807) is 0 Å². The molecule has 134 valence electrons. The van der Waals surface area contributed by atoms with Crippen LogP contribution in [0, 0.1) is 0 Å². The van der Waals surface area contributed by atoms with Gasteiger partial charge in [0.1, 0.15) is 0 Å². The molecule has 0 amide bonds. The molecule has 3 heteroatoms. The Labute approximate surface area is 139 Å². The molecule has 0 aromatic rings. The second-order valence-corrected chi connectivity index (χ2v) is 7.05. The summed E-state index contributed by atoms with van der Waals surface area (Å²) in [7, 11) is 0. The Morgan fingerprint density at radius 2 is 0.955 bits per heavy atom. The second kappa shape index (κ2) is 12.3. The van der Waals surface area contributed by atoms with Crippen LogP contribution in [0.3, 0.4) is 0 Å². The number of hydrogen-bond acceptors (Lipinski definition) is 3. The van der Waals surface area contributed by atoms with Crippen LogP contribution in [0.2, 0.25) is 0 Å². The van der Waals surface area contributed by atoms with E-state index in [1.165, 1.54) is 38.5 Å². The van der Waals surface area contributed by atoms with Crippen molar-refractivity contribution in [1.82, 2.24) is 0 Å². The number of rotatable bonds is 14. The summed E-state index contributed by atoms with van der Waals surface area (Å²) in [5.74, 6) is -0.889. The van der Waals surface area contributed by atoms with E-state index in [2.05, 4.69) is 6.92 Å². The molecule has 22 heavy (non-hydrogen) atoms. The molecule has 0 saturated carbocycles. The molecule has 0 heterocycles. The van der Waals surface area contributed by atoms with Crippen LogP contribution >= 0.6 is 0 Å². The van der Waals surface area contributed by atoms with E-state index >= 15 is 0 Å². The Bertz CT molecular complexity index is 223. The van der Waals surface area contributed by atoms with Crippen LogP contribution < -0.4 is 0 Å². The average Bonchev–Trinajstić information content (AvgIpc) is 2.35. The van der Waals surface area contributed by atoms with Gasteiger partial charge < -0.3 is 14.2 Å². The lowest BCUT2D eigenvalue weighted by atomic mass is 10.1. The molecule has 0 aliphatic heterocycles. The highest BCUT2D eigenvalue weighted by Crippen LogP contribution is 2.28. The summed E-state index contributed by atoms with van der Waals surface area (Å²) < 4.78 is 18.2. The predicted octanol–water partition coefficient (Wildman–Crippen LogP) is 6.06. The van der Waals surface area contributed by atoms with Gasteiger partial charge >= 0.3 is 0 Å². The minimum atomic E-state index is -0.889. The number of unbranched alkanes of at least 4 members (excludes halogenated alkanes) is 6. The van der Waals surface area contributed by atoms with E-state index < -0.39 is 5.97 Å². The molecular weight excluding hydrogens is 276 g/mol. The third kappa shape index (κ3) is 11.4. The predicted molar refractivity (Wildman–Crippen MR) is 94.0 cm³/mol. The van der Waals surface area contributed by atoms with Crippen molar-refractivity contribution in [2.45, 2.75) is 124 Å². The Morgan fingerprint density at radius 1 is 0.591 bits per heavy atom. The fourth-order valence-electron chi connectivity index (χ4n) is 2.64. The summed E-state index contributed by atoms with van der Waals surface area (Å²) in [4.78, 5) is 0. The third-order valence-corrected chi connectivity index (χ3v) is 3.33. The lowest BCUT2D eigenvalue weighted by Crippen LogP contribution is -2.44. The zero-order chi connectivity index (χ0) is 17.0. The SMILES string of the molecule is CCCCCCCCCC(OC(C)C)(OC(C)C)OC(C)C. The zero-order valence-corrected chi connectivity index (χ0v) is 16.1. The fraction of sp³-hybridized carbons (Fsp3) is 1.00. The second-order valence-electron chi connectivity index (χ2n) is 7.05. The highest BCUT2D eigenvalue weighted by Gasteiger charge is 2.36. The molecule has 3 nitrogen and oxygen atoms in total. The van der Waals surface area contributed by atoms with E-state index in [0.717, 1.165) is 12.8 Å². The van der Waals surface area contributed by atoms with Crippen molar-refractivity contribution in [3.8, 4) is 0 Å². The van der Waals surface area contributed by atoms with E-state index in [1.807, 2.05) is 41.5 Å². The molecule has 0 saturated heterocycles. The largest absolute Gasteiger partial charge is 0.325 e. The highest BCUT2D eigenvalue weighted by molar-refractivity contribution is 4.64. The molecule has 0 atom stereocenters. The van der Waals surface area contributed by atoms with Crippen molar-refractivity contribution in [1.29, 1.82) is 0 Å². The van der Waals surface area contributed by atoms with Crippen LogP contribution in [0.5, 0.6) is 0 Å². The molecule has 0 bridgehead atoms. The van der Waals surface area contributed by atoms with Crippen molar-refractivity contribution in [2.24, 2.45) is 0 Å². The maximum atomic E-state index is 6.06. The van der Waals surface area contributed by atoms with Gasteiger partial charge in [-0.05, 0) is 48.0 Å². The van der Waals surface area contributed by atoms with E-state index in [-0.39, 0.29) is 18.3 Å². The monoisotopic (exact) mass is 316 g/mol. The van der Waals surface area contributed by atoms with Crippen LogP contribution in [-0.4, -0.2) is 24.3 Å². The Balaban J connectivity index is 4.41. The zero-order valence-electron chi connectivity index (χ0n) is 16.1. The lowest BCUT2D eigenvalue weighted by Gasteiger charge is -2.37. The normalized spacial score (nSPS) is 12.8. The lowest BCUT2D eigenvalue weighted by molar-refractivity contribution is -0.412. The maximum absolute atomic E-state index is 6.06. The van der Waals surface area contributed by atoms with Crippen LogP contribution in [0.1, 0.15) is 99.8 Å². The van der Waals surface area contributed by atoms with E-state index in [0.29, 0.717) is 0 Å². The maximum Gasteiger partial charge on any atom is 0.283 e. The molecule has 0 aromatic heterocycles. The first-order valence-electron chi connectivity index (χ1n) is 9.34. The van der Waals surface area contributed by atoms with Gasteiger partial charge in [-0.1, -0.05) is 45.4 Å². The van der Waals surface area contributed by atoms with Crippen LogP contribution in [0.4, 0.5) is 0 Å². The molecule has 0 aromatic carbocycles. The van der Waals surface area contributed by atoms with Crippen LogP contribution in [-0.2, 0) is 14.2 Å². The first kappa shape index (κ1) is 21.9. The minimum Gasteiger partial charge on any atom is -0.325 e. The summed E-state index contributed by atoms with van der Waals surface area (Å²) >= 11 is 0. The van der Waals surface area contributed by atoms with Crippen LogP contribution in [0.25, 0.3) is 0 Å². The summed E-state index contributed by atoms with van der Waals surface area (Å²) in [5.41, 5.74) is 0. The van der Waals surface area contributed by atoms with Gasteiger partial charge in [-0.2, -0.15) is 0 Å². The van der Waals surface area contributed by atoms with Crippen LogP contribution in [0.15, 0.2) is 0 Å². The Kier molecular flexibility index (Phi) is 12.3. The molecule has 0 aliphatic carbocycles. The van der Waals surface area contributed by atoms with E-state index in [9.17, 15) is 0 Å². The van der Waals surface area contributed by atoms with Crippen molar-refractivity contribution in [2.75, 3.05) is 0 Å². The number of hydrogen-bond donors (Lipinski definition) is 0. The average molecular weight is 317 g/mol. The molecule has 0 N–H and O–H groups in total. The minimum absolute atomic E-state index is 0.0852. The van der Waals surface area contributed by atoms with Gasteiger partial charge in [0.25, 0.3) is 5.97 Å². The smallest absolute Gasteiger partial charge is 0.283 e. The van der Waals surface area contributed by atoms with Crippen molar-refractivity contribution < 1.29 is 14.2 Å². The van der Waals surface area contributed by atoms with Gasteiger partial charge in [0, 0.05) is 6.42 Å². The highest BCUT2D eigenvalue weighted by atomic mass is 16.9. The van der Waals surface area contributed by atoms with Crippen molar-refractivity contribution in [3.05, 3.63) is 0 Å². The Hall–Kier alpha value is -0.120. The van der Waals surface area contributed by atoms with E-state index in [4.69, 9.17) is 14.2 Å². The Morgan fingerprint density at radius 3 is 1.32 bits per heavy atom. The summed E-state index contributed by atoms with van der Waals surface area (Å²) in [6, 6.07) is 0. The fourth-order valence-corrected chi connectivity index (χ4v) is 2.64. The van der Waals surface area contributed by atoms with Crippen molar-refractivity contribution in [3.63, 3.8) is 0 Å². The summed E-state index contributed by atoms with van der Waals surface area (Å²) in [6.07, 6.45) is 10.00. The third-order valence-electron chi connectivity index (χ3n) is 3.33. The van der Waals surface area contributed by atoms with Gasteiger partial charge in [-0.15, -0.1) is 0 Å². The van der Waals surface area contributed by atoms with Gasteiger partial charge in [0.15, 0.2) is 0 Å². The molecule has 0 aliphatic rings. The summed E-state index contributed by atoms with van der Waals surface area (Å²) in [5, 5.41) is 0. The van der Waals surface area contributed by atoms with Crippen molar-refractivity contribution >= 4 is 0 Å². The van der Waals surface area contributed by atoms with Gasteiger partial charge in [-0.25, -0.2) is 0 Å². The molecule has 0 unspecified atom stereocenters. The summed E-state index contributed by atoms with van der Waals surface area (Å²) in [6.45, 7) is 14.5. The van der Waals surface area contributed by atoms with Gasteiger partial charge in [0.2, 0.25) is 0 Å². The van der Waals surface area contributed by atoms with Gasteiger partial charge in [0.05, 0.1) is 18.3 Å². The first-order valence-corrected chi connectivity index (χ1v) is 9.34. The standard InChI is InChI=1S/C19H40O3/c1-8-9-10-11-12-13-14-15-19(20-16(2)3,21-17(4)5)22-18(6)7/h16-18H,8-15H2,1-7H3. The molecule has 0 fully saturated rings. The molecule has 0 radical (unpaired) electrons. The van der Waals surface area contributed by atoms with Gasteiger partial charge in [-0.3, -0.25) is 0 Å². The molecule has 0 rings (SSSR count). The molecule has 0 spiro atoms. The quantitative estimate of drug-likeness (QED) is 0.288.